The Hall–Kier alpha value is -1.62. The van der Waals surface area contributed by atoms with Gasteiger partial charge >= 0.3 is 0 Å². The van der Waals surface area contributed by atoms with Gasteiger partial charge in [0.25, 0.3) is 0 Å². The molecule has 0 bridgehead atoms. The van der Waals surface area contributed by atoms with Crippen molar-refractivity contribution in [3.05, 3.63) is 64.9 Å². The third-order valence-electron chi connectivity index (χ3n) is 4.45. The van der Waals surface area contributed by atoms with Crippen LogP contribution in [0.15, 0.2) is 48.7 Å². The number of benzene rings is 1. The molecule has 3 atom stereocenters. The Morgan fingerprint density at radius 1 is 1.32 bits per heavy atom. The van der Waals surface area contributed by atoms with E-state index in [1.165, 1.54) is 0 Å². The van der Waals surface area contributed by atoms with E-state index in [1.807, 2.05) is 42.5 Å². The number of amides is 1. The van der Waals surface area contributed by atoms with E-state index in [0.29, 0.717) is 11.1 Å². The first-order valence-electron chi connectivity index (χ1n) is 8.33. The van der Waals surface area contributed by atoms with Crippen LogP contribution in [0.25, 0.3) is 0 Å². The van der Waals surface area contributed by atoms with Crippen LogP contribution in [0.4, 0.5) is 0 Å². The average molecular weight is 380 g/mol. The lowest BCUT2D eigenvalue weighted by Gasteiger charge is -2.29. The number of carbonyl (C=O) groups is 1. The molecule has 0 aliphatic carbocycles. The summed E-state index contributed by atoms with van der Waals surface area (Å²) in [5, 5.41) is 7.21. The zero-order chi connectivity index (χ0) is 16.9. The predicted octanol–water partition coefficient (Wildman–Crippen LogP) is 3.75. The molecule has 2 heterocycles. The number of aromatic nitrogens is 1. The van der Waals surface area contributed by atoms with Crippen LogP contribution in [0.3, 0.4) is 0 Å². The number of halogens is 2. The molecular formula is C19H23Cl2N3O. The van der Waals surface area contributed by atoms with Gasteiger partial charge < -0.3 is 10.6 Å². The van der Waals surface area contributed by atoms with E-state index >= 15 is 0 Å². The smallest absolute Gasteiger partial charge is 0.224 e. The second kappa shape index (κ2) is 9.18. The van der Waals surface area contributed by atoms with Gasteiger partial charge in [0.05, 0.1) is 11.7 Å². The van der Waals surface area contributed by atoms with E-state index < -0.39 is 0 Å². The molecule has 1 fully saturated rings. The molecule has 2 N–H and O–H groups in total. The molecule has 2 aromatic rings. The molecule has 6 heteroatoms. The van der Waals surface area contributed by atoms with Gasteiger partial charge in [0.2, 0.25) is 5.91 Å². The summed E-state index contributed by atoms with van der Waals surface area (Å²) in [7, 11) is 0. The Bertz CT molecular complexity index is 696. The first kappa shape index (κ1) is 19.7. The maximum Gasteiger partial charge on any atom is 0.224 e. The normalized spacial score (nSPS) is 21.0. The minimum atomic E-state index is -0.289. The van der Waals surface area contributed by atoms with Gasteiger partial charge in [-0.05, 0) is 56.1 Å². The molecule has 1 aliphatic rings. The Balaban J connectivity index is 0.00000225. The Morgan fingerprint density at radius 3 is 2.84 bits per heavy atom. The van der Waals surface area contributed by atoms with Crippen LogP contribution in [0, 0.1) is 5.92 Å². The Kier molecular flexibility index (Phi) is 7.24. The van der Waals surface area contributed by atoms with E-state index in [0.717, 1.165) is 30.6 Å². The highest BCUT2D eigenvalue weighted by Crippen LogP contribution is 2.25. The number of pyridine rings is 1. The summed E-state index contributed by atoms with van der Waals surface area (Å²) in [5.74, 6) is 0.116. The minimum absolute atomic E-state index is 0. The van der Waals surface area contributed by atoms with Gasteiger partial charge in [0.1, 0.15) is 0 Å². The van der Waals surface area contributed by atoms with Crippen LogP contribution in [-0.2, 0) is 4.79 Å². The summed E-state index contributed by atoms with van der Waals surface area (Å²) in [6, 6.07) is 13.4. The van der Waals surface area contributed by atoms with Crippen molar-refractivity contribution in [3.8, 4) is 0 Å². The number of hydrogen-bond acceptors (Lipinski definition) is 3. The SMILES string of the molecule is C[C@H]1C[C@@H](C(=O)NC(c2cccc(Cl)c2)c2ccccn2)CCN1.Cl. The van der Waals surface area contributed by atoms with Crippen LogP contribution >= 0.6 is 24.0 Å². The first-order chi connectivity index (χ1) is 11.6. The molecule has 4 nitrogen and oxygen atoms in total. The summed E-state index contributed by atoms with van der Waals surface area (Å²) in [4.78, 5) is 17.2. The number of nitrogens with zero attached hydrogens (tertiary/aromatic N) is 1. The molecule has 134 valence electrons. The zero-order valence-electron chi connectivity index (χ0n) is 14.1. The van der Waals surface area contributed by atoms with Gasteiger partial charge in [-0.2, -0.15) is 0 Å². The van der Waals surface area contributed by atoms with Crippen molar-refractivity contribution in [1.29, 1.82) is 0 Å². The van der Waals surface area contributed by atoms with E-state index in [1.54, 1.807) is 6.20 Å². The third-order valence-corrected chi connectivity index (χ3v) is 4.68. The summed E-state index contributed by atoms with van der Waals surface area (Å²) < 4.78 is 0. The lowest BCUT2D eigenvalue weighted by molar-refractivity contribution is -0.126. The van der Waals surface area contributed by atoms with Crippen LogP contribution in [0.1, 0.15) is 37.1 Å². The van der Waals surface area contributed by atoms with Crippen molar-refractivity contribution in [3.63, 3.8) is 0 Å². The fraction of sp³-hybridized carbons (Fsp3) is 0.368. The van der Waals surface area contributed by atoms with Crippen LogP contribution in [0.2, 0.25) is 5.02 Å². The van der Waals surface area contributed by atoms with Gasteiger partial charge in [0.15, 0.2) is 0 Å². The minimum Gasteiger partial charge on any atom is -0.343 e. The monoisotopic (exact) mass is 379 g/mol. The number of nitrogens with one attached hydrogen (secondary N) is 2. The van der Waals surface area contributed by atoms with Crippen molar-refractivity contribution in [2.45, 2.75) is 31.8 Å². The third kappa shape index (κ3) is 5.18. The largest absolute Gasteiger partial charge is 0.343 e. The maximum absolute atomic E-state index is 12.8. The molecule has 1 amide bonds. The van der Waals surface area contributed by atoms with Crippen molar-refractivity contribution >= 4 is 29.9 Å². The van der Waals surface area contributed by atoms with Gasteiger partial charge in [0, 0.05) is 23.2 Å². The van der Waals surface area contributed by atoms with Crippen LogP contribution in [0.5, 0.6) is 0 Å². The second-order valence-corrected chi connectivity index (χ2v) is 6.76. The maximum atomic E-state index is 12.8. The molecule has 1 aliphatic heterocycles. The van der Waals surface area contributed by atoms with Gasteiger partial charge in [-0.1, -0.05) is 29.8 Å². The highest BCUT2D eigenvalue weighted by Gasteiger charge is 2.27. The average Bonchev–Trinajstić information content (AvgIpc) is 2.60. The molecule has 1 saturated heterocycles. The van der Waals surface area contributed by atoms with Crippen molar-refractivity contribution in [2.75, 3.05) is 6.54 Å². The number of carbonyl (C=O) groups excluding carboxylic acids is 1. The fourth-order valence-corrected chi connectivity index (χ4v) is 3.39. The number of hydrogen-bond donors (Lipinski definition) is 2. The van der Waals surface area contributed by atoms with Gasteiger partial charge in [-0.3, -0.25) is 9.78 Å². The summed E-state index contributed by atoms with van der Waals surface area (Å²) in [5.41, 5.74) is 1.76. The fourth-order valence-electron chi connectivity index (χ4n) is 3.19. The first-order valence-corrected chi connectivity index (χ1v) is 8.71. The quantitative estimate of drug-likeness (QED) is 0.850. The summed E-state index contributed by atoms with van der Waals surface area (Å²) in [6.07, 6.45) is 3.46. The Labute approximate surface area is 159 Å². The molecule has 0 saturated carbocycles. The molecule has 0 radical (unpaired) electrons. The lowest BCUT2D eigenvalue weighted by atomic mass is 9.91. The summed E-state index contributed by atoms with van der Waals surface area (Å²) in [6.45, 7) is 3.00. The number of rotatable bonds is 4. The molecule has 1 unspecified atom stereocenters. The van der Waals surface area contributed by atoms with E-state index in [2.05, 4.69) is 22.5 Å². The highest BCUT2D eigenvalue weighted by atomic mass is 35.5. The lowest BCUT2D eigenvalue weighted by Crippen LogP contribution is -2.43. The van der Waals surface area contributed by atoms with E-state index in [4.69, 9.17) is 11.6 Å². The zero-order valence-corrected chi connectivity index (χ0v) is 15.7. The van der Waals surface area contributed by atoms with Gasteiger partial charge in [-0.15, -0.1) is 12.4 Å². The molecular weight excluding hydrogens is 357 g/mol. The van der Waals surface area contributed by atoms with E-state index in [9.17, 15) is 4.79 Å². The Morgan fingerprint density at radius 2 is 2.16 bits per heavy atom. The van der Waals surface area contributed by atoms with Crippen molar-refractivity contribution in [1.82, 2.24) is 15.6 Å². The van der Waals surface area contributed by atoms with Crippen LogP contribution in [-0.4, -0.2) is 23.5 Å². The highest BCUT2D eigenvalue weighted by molar-refractivity contribution is 6.30. The van der Waals surface area contributed by atoms with Gasteiger partial charge in [-0.25, -0.2) is 0 Å². The standard InChI is InChI=1S/C19H22ClN3O.ClH/c1-13-11-15(8-10-21-13)19(24)23-18(17-7-2-3-9-22-17)14-5-4-6-16(20)12-14;/h2-7,9,12-13,15,18,21H,8,10-11H2,1H3,(H,23,24);1H/t13-,15-,18?;/m0./s1. The molecule has 3 rings (SSSR count). The van der Waals surface area contributed by atoms with E-state index in [-0.39, 0.29) is 30.3 Å². The topological polar surface area (TPSA) is 54.0 Å². The molecule has 1 aromatic heterocycles. The molecule has 1 aromatic carbocycles. The molecule has 0 spiro atoms. The molecule has 25 heavy (non-hydrogen) atoms. The van der Waals surface area contributed by atoms with Crippen LogP contribution < -0.4 is 10.6 Å². The summed E-state index contributed by atoms with van der Waals surface area (Å²) >= 11 is 6.14. The van der Waals surface area contributed by atoms with Crippen molar-refractivity contribution in [2.24, 2.45) is 5.92 Å². The number of piperidine rings is 1. The van der Waals surface area contributed by atoms with Crippen molar-refractivity contribution < 1.29 is 4.79 Å². The predicted molar refractivity (Wildman–Crippen MR) is 103 cm³/mol. The second-order valence-electron chi connectivity index (χ2n) is 6.33.